The Balaban J connectivity index is 2.37. The molecule has 106 valence electrons. The summed E-state index contributed by atoms with van der Waals surface area (Å²) < 4.78 is 26.3. The number of hydrogen-bond acceptors (Lipinski definition) is 8. The van der Waals surface area contributed by atoms with Gasteiger partial charge in [0.15, 0.2) is 0 Å². The van der Waals surface area contributed by atoms with E-state index in [-0.39, 0.29) is 0 Å². The van der Waals surface area contributed by atoms with E-state index < -0.39 is 55.8 Å². The number of hydrogen-bond donors (Lipinski definition) is 6. The van der Waals surface area contributed by atoms with Crippen LogP contribution in [0, 0.1) is 0 Å². The van der Waals surface area contributed by atoms with Crippen LogP contribution in [-0.2, 0) is 17.7 Å². The van der Waals surface area contributed by atoms with Gasteiger partial charge < -0.3 is 0 Å². The van der Waals surface area contributed by atoms with Gasteiger partial charge >= 0.3 is 104 Å². The van der Waals surface area contributed by atoms with Gasteiger partial charge in [0.25, 0.3) is 0 Å². The number of rotatable bonds is 3. The van der Waals surface area contributed by atoms with Crippen molar-refractivity contribution in [2.45, 2.75) is 27.5 Å². The predicted molar refractivity (Wildman–Crippen MR) is 51.2 cm³/mol. The van der Waals surface area contributed by atoms with Gasteiger partial charge in [0, 0.05) is 0 Å². The second kappa shape index (κ2) is 4.11. The first-order valence-corrected chi connectivity index (χ1v) is 8.60. The molecule has 0 saturated carbocycles. The van der Waals surface area contributed by atoms with E-state index in [0.717, 1.165) is 0 Å². The molecule has 1 unspecified atom stereocenters. The van der Waals surface area contributed by atoms with E-state index in [1.165, 1.54) is 0 Å². The van der Waals surface area contributed by atoms with Gasteiger partial charge in [-0.15, -0.1) is 0 Å². The number of ether oxygens (including phenoxy) is 1. The van der Waals surface area contributed by atoms with Crippen LogP contribution in [0.15, 0.2) is 0 Å². The van der Waals surface area contributed by atoms with E-state index in [4.69, 9.17) is 19.6 Å². The van der Waals surface area contributed by atoms with Crippen molar-refractivity contribution in [1.29, 1.82) is 0 Å². The zero-order chi connectivity index (χ0) is 13.9. The SMILES string of the molecule is O=[Se]1[C@]2(OP(=O)(O)O)O[C@H](CO)[C@@H](O)[C@H](O)[C@@]12O. The summed E-state index contributed by atoms with van der Waals surface area (Å²) in [6, 6.07) is 0. The van der Waals surface area contributed by atoms with Crippen LogP contribution in [0.1, 0.15) is 0 Å². The van der Waals surface area contributed by atoms with Crippen molar-refractivity contribution in [3.8, 4) is 0 Å². The molecule has 0 aliphatic carbocycles. The minimum absolute atomic E-state index is 0.820. The Morgan fingerprint density at radius 1 is 1.39 bits per heavy atom. The van der Waals surface area contributed by atoms with Crippen molar-refractivity contribution >= 4 is 21.7 Å². The van der Waals surface area contributed by atoms with Crippen molar-refractivity contribution in [1.82, 2.24) is 0 Å². The van der Waals surface area contributed by atoms with E-state index in [0.29, 0.717) is 0 Å². The third-order valence-electron chi connectivity index (χ3n) is 2.75. The minimum atomic E-state index is -5.15. The van der Waals surface area contributed by atoms with Gasteiger partial charge in [-0.2, -0.15) is 0 Å². The van der Waals surface area contributed by atoms with Crippen molar-refractivity contribution in [3.05, 3.63) is 0 Å². The fourth-order valence-corrected chi connectivity index (χ4v) is 6.71. The Hall–Kier alpha value is 0.229. The van der Waals surface area contributed by atoms with E-state index in [2.05, 4.69) is 4.52 Å². The number of fused-ring (bicyclic) bond motifs is 1. The van der Waals surface area contributed by atoms with Crippen molar-refractivity contribution in [3.63, 3.8) is 0 Å². The molecule has 0 radical (unpaired) electrons. The monoisotopic (exact) mass is 354 g/mol. The van der Waals surface area contributed by atoms with E-state index in [1.54, 1.807) is 0 Å². The molecule has 10 nitrogen and oxygen atoms in total. The predicted octanol–water partition coefficient (Wildman–Crippen LogP) is -3.85. The van der Waals surface area contributed by atoms with Gasteiger partial charge in [0.1, 0.15) is 0 Å². The molecule has 12 heteroatoms. The number of phosphoric ester groups is 1. The van der Waals surface area contributed by atoms with Gasteiger partial charge in [-0.1, -0.05) is 0 Å². The fourth-order valence-electron chi connectivity index (χ4n) is 1.82. The average Bonchev–Trinajstić information content (AvgIpc) is 2.70. The summed E-state index contributed by atoms with van der Waals surface area (Å²) in [7, 11) is -5.15. The fraction of sp³-hybridized carbons (Fsp3) is 1.00. The second-order valence-electron chi connectivity index (χ2n) is 3.88. The van der Waals surface area contributed by atoms with Crippen LogP contribution in [0.25, 0.3) is 0 Å². The molecule has 0 aromatic heterocycles. The molecular weight excluding hydrogens is 342 g/mol. The van der Waals surface area contributed by atoms with Crippen molar-refractivity contribution < 1.29 is 47.9 Å². The molecule has 2 rings (SSSR count). The Morgan fingerprint density at radius 3 is 2.39 bits per heavy atom. The first kappa shape index (κ1) is 14.6. The van der Waals surface area contributed by atoms with Crippen LogP contribution in [0.2, 0.25) is 0 Å². The summed E-state index contributed by atoms with van der Waals surface area (Å²) in [5.41, 5.74) is 0. The van der Waals surface area contributed by atoms with E-state index in [9.17, 15) is 23.7 Å². The standard InChI is InChI=1S/C6H11O10PSe/c7-1-2-3(8)4(9)5(10)6(15-2,18(5)14)16-17(11,12)13/h2-4,7-10H,1H2,(H2,11,12,13)/t2-,3-,4+,5-,6+,18?/m1/s1. The van der Waals surface area contributed by atoms with E-state index in [1.807, 2.05) is 0 Å². The molecule has 2 heterocycles. The summed E-state index contributed by atoms with van der Waals surface area (Å²) >= 11 is -3.56. The maximum atomic E-state index is 11.7. The van der Waals surface area contributed by atoms with Gasteiger partial charge in [-0.05, 0) is 0 Å². The van der Waals surface area contributed by atoms with Crippen LogP contribution in [-0.4, -0.2) is 78.1 Å². The Labute approximate surface area is 104 Å². The van der Waals surface area contributed by atoms with Crippen LogP contribution >= 0.6 is 7.82 Å². The summed E-state index contributed by atoms with van der Waals surface area (Å²) in [6.07, 6.45) is -5.23. The van der Waals surface area contributed by atoms with Crippen molar-refractivity contribution in [2.24, 2.45) is 0 Å². The van der Waals surface area contributed by atoms with Crippen LogP contribution in [0.4, 0.5) is 0 Å². The number of phosphoric acid groups is 1. The quantitative estimate of drug-likeness (QED) is 0.218. The molecule has 0 aromatic carbocycles. The Morgan fingerprint density at radius 2 is 1.94 bits per heavy atom. The molecule has 18 heavy (non-hydrogen) atoms. The van der Waals surface area contributed by atoms with Crippen LogP contribution in [0.5, 0.6) is 0 Å². The summed E-state index contributed by atoms with van der Waals surface area (Å²) in [5.74, 6) is 0. The molecular formula is C6H11O10PSe. The molecule has 2 saturated heterocycles. The zero-order valence-electron chi connectivity index (χ0n) is 8.61. The molecule has 2 aliphatic rings. The number of aliphatic hydroxyl groups is 4. The van der Waals surface area contributed by atoms with Crippen LogP contribution in [0.3, 0.4) is 0 Å². The average molecular weight is 353 g/mol. The molecule has 0 aromatic rings. The molecule has 6 N–H and O–H groups in total. The molecule has 2 fully saturated rings. The first-order chi connectivity index (χ1) is 8.10. The Kier molecular flexibility index (Phi) is 3.34. The summed E-state index contributed by atoms with van der Waals surface area (Å²) in [4.78, 5) is 17.4. The van der Waals surface area contributed by atoms with Gasteiger partial charge in [0.05, 0.1) is 0 Å². The third-order valence-corrected chi connectivity index (χ3v) is 7.41. The second-order valence-corrected chi connectivity index (χ2v) is 8.60. The Bertz CT molecular complexity index is 436. The van der Waals surface area contributed by atoms with Crippen LogP contribution < -0.4 is 0 Å². The van der Waals surface area contributed by atoms with Crippen molar-refractivity contribution in [2.75, 3.05) is 6.61 Å². The molecule has 0 bridgehead atoms. The zero-order valence-corrected chi connectivity index (χ0v) is 11.2. The number of aliphatic hydroxyl groups excluding tert-OH is 3. The maximum absolute atomic E-state index is 11.7. The first-order valence-electron chi connectivity index (χ1n) is 4.65. The van der Waals surface area contributed by atoms with E-state index >= 15 is 0 Å². The topological polar surface area (TPSA) is 174 Å². The summed E-state index contributed by atoms with van der Waals surface area (Å²) in [5, 5.41) is 37.8. The molecule has 0 spiro atoms. The normalized spacial score (nSPS) is 51.9. The molecule has 6 atom stereocenters. The third kappa shape index (κ3) is 1.76. The van der Waals surface area contributed by atoms with Gasteiger partial charge in [-0.25, -0.2) is 0 Å². The molecule has 0 amide bonds. The molecule has 2 aliphatic heterocycles. The van der Waals surface area contributed by atoms with Gasteiger partial charge in [0.2, 0.25) is 0 Å². The van der Waals surface area contributed by atoms with Gasteiger partial charge in [-0.3, -0.25) is 0 Å². The summed E-state index contributed by atoms with van der Waals surface area (Å²) in [6.45, 7) is -0.820.